The number of hydrogen-bond acceptors (Lipinski definition) is 4. The molecule has 5 nitrogen and oxygen atoms in total. The smallest absolute Gasteiger partial charge is 0.331 e. The van der Waals surface area contributed by atoms with E-state index in [0.717, 1.165) is 0 Å². The first-order valence-electron chi connectivity index (χ1n) is 6.92. The summed E-state index contributed by atoms with van der Waals surface area (Å²) >= 11 is 0. The molecule has 0 spiro atoms. The van der Waals surface area contributed by atoms with Crippen molar-refractivity contribution in [1.82, 2.24) is 4.90 Å². The van der Waals surface area contributed by atoms with Crippen LogP contribution in [0, 0.1) is 5.82 Å². The van der Waals surface area contributed by atoms with Gasteiger partial charge in [-0.05, 0) is 24.3 Å². The van der Waals surface area contributed by atoms with Crippen molar-refractivity contribution in [3.05, 3.63) is 65.9 Å². The molecule has 1 aromatic heterocycles. The van der Waals surface area contributed by atoms with Crippen LogP contribution in [0.1, 0.15) is 11.3 Å². The van der Waals surface area contributed by atoms with E-state index < -0.39 is 18.5 Å². The summed E-state index contributed by atoms with van der Waals surface area (Å²) < 4.78 is 23.4. The van der Waals surface area contributed by atoms with E-state index in [9.17, 15) is 14.0 Å². The summed E-state index contributed by atoms with van der Waals surface area (Å²) in [7, 11) is 1.52. The van der Waals surface area contributed by atoms with E-state index >= 15 is 0 Å². The van der Waals surface area contributed by atoms with Gasteiger partial charge in [-0.2, -0.15) is 0 Å². The third-order valence-corrected chi connectivity index (χ3v) is 3.06. The van der Waals surface area contributed by atoms with Gasteiger partial charge in [0, 0.05) is 25.2 Å². The van der Waals surface area contributed by atoms with E-state index in [-0.39, 0.29) is 12.4 Å². The zero-order valence-corrected chi connectivity index (χ0v) is 12.6. The van der Waals surface area contributed by atoms with Gasteiger partial charge in [0.15, 0.2) is 6.61 Å². The summed E-state index contributed by atoms with van der Waals surface area (Å²) in [5, 5.41) is 0. The molecule has 0 saturated carbocycles. The summed E-state index contributed by atoms with van der Waals surface area (Å²) in [6, 6.07) is 9.55. The van der Waals surface area contributed by atoms with Gasteiger partial charge >= 0.3 is 5.97 Å². The van der Waals surface area contributed by atoms with E-state index in [1.54, 1.807) is 30.3 Å². The zero-order valence-electron chi connectivity index (χ0n) is 12.6. The predicted molar refractivity (Wildman–Crippen MR) is 81.6 cm³/mol. The lowest BCUT2D eigenvalue weighted by Gasteiger charge is -2.17. The molecular weight excluding hydrogens is 301 g/mol. The number of amides is 1. The second-order valence-corrected chi connectivity index (χ2v) is 4.80. The highest BCUT2D eigenvalue weighted by molar-refractivity contribution is 5.88. The number of carbonyl (C=O) groups is 2. The largest absolute Gasteiger partial charge is 0.465 e. The summed E-state index contributed by atoms with van der Waals surface area (Å²) in [5.41, 5.74) is 0.396. The van der Waals surface area contributed by atoms with Crippen molar-refractivity contribution in [2.75, 3.05) is 13.7 Å². The lowest BCUT2D eigenvalue weighted by molar-refractivity contribution is -0.147. The molecule has 0 fully saturated rings. The van der Waals surface area contributed by atoms with Gasteiger partial charge in [-0.25, -0.2) is 9.18 Å². The summed E-state index contributed by atoms with van der Waals surface area (Å²) in [4.78, 5) is 24.7. The number of hydrogen-bond donors (Lipinski definition) is 0. The van der Waals surface area contributed by atoms with Crippen molar-refractivity contribution in [1.29, 1.82) is 0 Å². The van der Waals surface area contributed by atoms with Gasteiger partial charge in [0.2, 0.25) is 0 Å². The summed E-state index contributed by atoms with van der Waals surface area (Å²) in [5.74, 6) is -0.961. The molecule has 0 aliphatic heterocycles. The highest BCUT2D eigenvalue weighted by Gasteiger charge is 2.13. The van der Waals surface area contributed by atoms with Crippen LogP contribution in [-0.2, 0) is 20.9 Å². The minimum atomic E-state index is -0.658. The van der Waals surface area contributed by atoms with Crippen LogP contribution in [-0.4, -0.2) is 30.4 Å². The Morgan fingerprint density at radius 1 is 1.26 bits per heavy atom. The number of furan rings is 1. The van der Waals surface area contributed by atoms with Crippen LogP contribution in [0.3, 0.4) is 0 Å². The van der Waals surface area contributed by atoms with E-state index in [1.807, 2.05) is 0 Å². The van der Waals surface area contributed by atoms with Gasteiger partial charge in [-0.1, -0.05) is 18.2 Å². The Labute approximate surface area is 133 Å². The maximum Gasteiger partial charge on any atom is 0.331 e. The third kappa shape index (κ3) is 5.10. The van der Waals surface area contributed by atoms with Crippen LogP contribution in [0.25, 0.3) is 6.08 Å². The molecule has 1 heterocycles. The second-order valence-electron chi connectivity index (χ2n) is 4.80. The SMILES string of the molecule is CN(Cc1ccccc1F)C(=O)COC(=O)/C=C/c1ccco1. The maximum atomic E-state index is 13.5. The molecular formula is C17H16FNO4. The number of benzene rings is 1. The van der Waals surface area contributed by atoms with Crippen molar-refractivity contribution >= 4 is 18.0 Å². The number of halogens is 1. The Morgan fingerprint density at radius 3 is 2.74 bits per heavy atom. The van der Waals surface area contributed by atoms with Crippen LogP contribution in [0.15, 0.2) is 53.2 Å². The monoisotopic (exact) mass is 317 g/mol. The van der Waals surface area contributed by atoms with Crippen LogP contribution in [0.4, 0.5) is 4.39 Å². The van der Waals surface area contributed by atoms with Crippen molar-refractivity contribution in [2.45, 2.75) is 6.54 Å². The Hall–Kier alpha value is -2.89. The number of nitrogens with zero attached hydrogens (tertiary/aromatic N) is 1. The summed E-state index contributed by atoms with van der Waals surface area (Å²) in [6.07, 6.45) is 4.09. The van der Waals surface area contributed by atoms with E-state index in [1.165, 1.54) is 36.4 Å². The Kier molecular flexibility index (Phi) is 5.68. The number of likely N-dealkylation sites (N-methyl/N-ethyl adjacent to an activating group) is 1. The molecule has 0 atom stereocenters. The van der Waals surface area contributed by atoms with Crippen LogP contribution in [0.5, 0.6) is 0 Å². The fourth-order valence-corrected chi connectivity index (χ4v) is 1.80. The second kappa shape index (κ2) is 7.93. The normalized spacial score (nSPS) is 10.7. The molecule has 0 saturated heterocycles. The molecule has 23 heavy (non-hydrogen) atoms. The van der Waals surface area contributed by atoms with Gasteiger partial charge in [0.25, 0.3) is 5.91 Å². The topological polar surface area (TPSA) is 59.8 Å². The molecule has 0 aliphatic rings. The van der Waals surface area contributed by atoms with Crippen LogP contribution in [0.2, 0.25) is 0 Å². The van der Waals surface area contributed by atoms with E-state index in [2.05, 4.69) is 0 Å². The predicted octanol–water partition coefficient (Wildman–Crippen LogP) is 2.63. The molecule has 2 aromatic rings. The minimum absolute atomic E-state index is 0.102. The number of esters is 1. The molecule has 0 unspecified atom stereocenters. The van der Waals surface area contributed by atoms with Crippen LogP contribution >= 0.6 is 0 Å². The van der Waals surface area contributed by atoms with Crippen molar-refractivity contribution in [3.63, 3.8) is 0 Å². The fourth-order valence-electron chi connectivity index (χ4n) is 1.80. The van der Waals surface area contributed by atoms with Crippen molar-refractivity contribution in [3.8, 4) is 0 Å². The molecule has 2 rings (SSSR count). The standard InChI is InChI=1S/C17H16FNO4/c1-19(11-13-5-2-3-7-15(13)18)16(20)12-23-17(21)9-8-14-6-4-10-22-14/h2-10H,11-12H2,1H3/b9-8+. The maximum absolute atomic E-state index is 13.5. The van der Waals surface area contributed by atoms with Crippen molar-refractivity contribution in [2.24, 2.45) is 0 Å². The lowest BCUT2D eigenvalue weighted by atomic mass is 10.2. The van der Waals surface area contributed by atoms with Gasteiger partial charge in [0.1, 0.15) is 11.6 Å². The molecule has 1 aromatic carbocycles. The van der Waals surface area contributed by atoms with Crippen LogP contribution < -0.4 is 0 Å². The first-order valence-corrected chi connectivity index (χ1v) is 6.92. The Morgan fingerprint density at radius 2 is 2.04 bits per heavy atom. The first kappa shape index (κ1) is 16.5. The Balaban J connectivity index is 1.79. The number of ether oxygens (including phenoxy) is 1. The fraction of sp³-hybridized carbons (Fsp3) is 0.176. The number of carbonyl (C=O) groups excluding carboxylic acids is 2. The molecule has 0 bridgehead atoms. The molecule has 120 valence electrons. The molecule has 0 radical (unpaired) electrons. The average Bonchev–Trinajstić information content (AvgIpc) is 3.06. The quantitative estimate of drug-likeness (QED) is 0.607. The lowest BCUT2D eigenvalue weighted by Crippen LogP contribution is -2.30. The van der Waals surface area contributed by atoms with E-state index in [0.29, 0.717) is 11.3 Å². The zero-order chi connectivity index (χ0) is 16.7. The molecule has 1 amide bonds. The van der Waals surface area contributed by atoms with Crippen molar-refractivity contribution < 1.29 is 23.1 Å². The van der Waals surface area contributed by atoms with Gasteiger partial charge in [0.05, 0.1) is 6.26 Å². The van der Waals surface area contributed by atoms with Gasteiger partial charge in [-0.15, -0.1) is 0 Å². The third-order valence-electron chi connectivity index (χ3n) is 3.06. The number of rotatable bonds is 6. The van der Waals surface area contributed by atoms with E-state index in [4.69, 9.17) is 9.15 Å². The molecule has 0 N–H and O–H groups in total. The van der Waals surface area contributed by atoms with Gasteiger partial charge < -0.3 is 14.1 Å². The van der Waals surface area contributed by atoms with Gasteiger partial charge in [-0.3, -0.25) is 4.79 Å². The highest BCUT2D eigenvalue weighted by atomic mass is 19.1. The highest BCUT2D eigenvalue weighted by Crippen LogP contribution is 2.09. The Bertz CT molecular complexity index is 694. The molecule has 0 aliphatic carbocycles. The average molecular weight is 317 g/mol. The summed E-state index contributed by atoms with van der Waals surface area (Å²) in [6.45, 7) is -0.308. The molecule has 6 heteroatoms. The minimum Gasteiger partial charge on any atom is -0.465 e. The first-order chi connectivity index (χ1) is 11.1.